The molecule has 0 aliphatic rings. The van der Waals surface area contributed by atoms with Crippen LogP contribution in [-0.2, 0) is 11.2 Å². The molecule has 8 heteroatoms. The highest BCUT2D eigenvalue weighted by Gasteiger charge is 2.14. The Bertz CT molecular complexity index is 1170. The van der Waals surface area contributed by atoms with Crippen LogP contribution in [0.2, 0.25) is 0 Å². The van der Waals surface area contributed by atoms with E-state index in [0.717, 1.165) is 0 Å². The van der Waals surface area contributed by atoms with Gasteiger partial charge in [-0.15, -0.1) is 11.3 Å². The van der Waals surface area contributed by atoms with Gasteiger partial charge in [0, 0.05) is 17.0 Å². The number of nitrogens with zero attached hydrogens (tertiary/aromatic N) is 3. The van der Waals surface area contributed by atoms with Crippen molar-refractivity contribution < 1.29 is 13.6 Å². The number of rotatable bonds is 5. The summed E-state index contributed by atoms with van der Waals surface area (Å²) < 4.78 is 28.1. The van der Waals surface area contributed by atoms with Gasteiger partial charge in [0.25, 0.3) is 0 Å². The van der Waals surface area contributed by atoms with Gasteiger partial charge in [0.2, 0.25) is 5.91 Å². The number of halogens is 2. The van der Waals surface area contributed by atoms with E-state index in [1.54, 1.807) is 47.3 Å². The Balaban J connectivity index is 1.49. The van der Waals surface area contributed by atoms with Crippen LogP contribution < -0.4 is 5.32 Å². The molecule has 2 aromatic carbocycles. The summed E-state index contributed by atoms with van der Waals surface area (Å²) in [4.78, 5) is 16.9. The first kappa shape index (κ1) is 18.9. The third kappa shape index (κ3) is 4.38. The summed E-state index contributed by atoms with van der Waals surface area (Å²) in [7, 11) is 0. The summed E-state index contributed by atoms with van der Waals surface area (Å²) in [6.07, 6.45) is 0.0689. The van der Waals surface area contributed by atoms with E-state index in [-0.39, 0.29) is 24.0 Å². The summed E-state index contributed by atoms with van der Waals surface area (Å²) in [6, 6.07) is 13.8. The summed E-state index contributed by atoms with van der Waals surface area (Å²) >= 11 is 1.35. The van der Waals surface area contributed by atoms with Crippen molar-refractivity contribution >= 4 is 23.1 Å². The molecule has 0 fully saturated rings. The van der Waals surface area contributed by atoms with E-state index in [2.05, 4.69) is 15.4 Å². The van der Waals surface area contributed by atoms with E-state index in [4.69, 9.17) is 0 Å². The molecule has 0 atom stereocenters. The van der Waals surface area contributed by atoms with Crippen molar-refractivity contribution in [2.24, 2.45) is 0 Å². The summed E-state index contributed by atoms with van der Waals surface area (Å²) in [5, 5.41) is 9.61. The molecule has 5 nitrogen and oxygen atoms in total. The molecular weight excluding hydrogens is 394 g/mol. The lowest BCUT2D eigenvalue weighted by molar-refractivity contribution is -0.115. The van der Waals surface area contributed by atoms with Gasteiger partial charge in [-0.3, -0.25) is 4.79 Å². The van der Waals surface area contributed by atoms with Gasteiger partial charge < -0.3 is 5.32 Å². The molecule has 4 aromatic rings. The minimum absolute atomic E-state index is 0.0689. The van der Waals surface area contributed by atoms with Crippen molar-refractivity contribution in [3.8, 4) is 16.3 Å². The molecule has 0 unspecified atom stereocenters. The second-order valence-electron chi connectivity index (χ2n) is 6.44. The maximum atomic E-state index is 13.4. The summed E-state index contributed by atoms with van der Waals surface area (Å²) in [5.74, 6) is -0.452. The number of nitrogens with one attached hydrogen (secondary N) is 1. The monoisotopic (exact) mass is 410 g/mol. The zero-order valence-corrected chi connectivity index (χ0v) is 16.2. The zero-order valence-electron chi connectivity index (χ0n) is 15.4. The van der Waals surface area contributed by atoms with E-state index in [9.17, 15) is 13.6 Å². The minimum Gasteiger partial charge on any atom is -0.310 e. The predicted molar refractivity (Wildman–Crippen MR) is 108 cm³/mol. The highest BCUT2D eigenvalue weighted by molar-refractivity contribution is 7.13. The van der Waals surface area contributed by atoms with Crippen LogP contribution in [-0.4, -0.2) is 20.7 Å². The molecule has 146 valence electrons. The van der Waals surface area contributed by atoms with Gasteiger partial charge in [-0.1, -0.05) is 12.1 Å². The Morgan fingerprint density at radius 1 is 1.10 bits per heavy atom. The fraction of sp³-hybridized carbons (Fsp3) is 0.0952. The number of aryl methyl sites for hydroxylation is 1. The van der Waals surface area contributed by atoms with Crippen LogP contribution in [0.5, 0.6) is 0 Å². The smallest absolute Gasteiger partial charge is 0.231 e. The predicted octanol–water partition coefficient (Wildman–Crippen LogP) is 4.76. The van der Waals surface area contributed by atoms with Crippen molar-refractivity contribution in [2.45, 2.75) is 13.3 Å². The van der Waals surface area contributed by atoms with Crippen LogP contribution in [0.3, 0.4) is 0 Å². The second-order valence-corrected chi connectivity index (χ2v) is 7.30. The van der Waals surface area contributed by atoms with Crippen LogP contribution >= 0.6 is 11.3 Å². The fourth-order valence-corrected chi connectivity index (χ4v) is 3.68. The molecule has 0 radical (unpaired) electrons. The average molecular weight is 410 g/mol. The molecule has 0 aliphatic heterocycles. The Kier molecular flexibility index (Phi) is 5.18. The topological polar surface area (TPSA) is 59.8 Å². The van der Waals surface area contributed by atoms with Crippen LogP contribution in [0, 0.1) is 18.6 Å². The van der Waals surface area contributed by atoms with Crippen LogP contribution in [0.15, 0.2) is 60.0 Å². The average Bonchev–Trinajstić information content (AvgIpc) is 3.29. The van der Waals surface area contributed by atoms with E-state index in [1.165, 1.54) is 35.6 Å². The number of anilines is 1. The number of hydrogen-bond donors (Lipinski definition) is 1. The molecule has 2 heterocycles. The van der Waals surface area contributed by atoms with Gasteiger partial charge in [-0.25, -0.2) is 18.4 Å². The van der Waals surface area contributed by atoms with Gasteiger partial charge in [0.15, 0.2) is 0 Å². The first-order valence-corrected chi connectivity index (χ1v) is 9.69. The third-order valence-electron chi connectivity index (χ3n) is 4.14. The van der Waals surface area contributed by atoms with E-state index >= 15 is 0 Å². The number of aromatic nitrogens is 3. The number of carbonyl (C=O) groups is 1. The number of carbonyl (C=O) groups excluding carboxylic acids is 1. The molecule has 0 spiro atoms. The maximum Gasteiger partial charge on any atom is 0.231 e. The van der Waals surface area contributed by atoms with Crippen LogP contribution in [0.1, 0.15) is 11.4 Å². The quantitative estimate of drug-likeness (QED) is 0.516. The lowest BCUT2D eigenvalue weighted by Crippen LogP contribution is -2.17. The van der Waals surface area contributed by atoms with Crippen molar-refractivity contribution in [1.29, 1.82) is 0 Å². The Hall–Kier alpha value is -3.39. The molecule has 1 N–H and O–H groups in total. The molecule has 2 aromatic heterocycles. The third-order valence-corrected chi connectivity index (χ3v) is 5.08. The van der Waals surface area contributed by atoms with E-state index in [0.29, 0.717) is 33.5 Å². The standard InChI is InChI=1S/C21H16F2N4OS/c1-13-9-19(27(26-13)18-7-5-15(22)6-8-18)25-20(28)11-17-12-29-21(24-17)14-3-2-4-16(23)10-14/h2-10,12H,11H2,1H3,(H,25,28). The molecule has 0 aliphatic carbocycles. The van der Waals surface area contributed by atoms with Crippen molar-refractivity contribution in [1.82, 2.24) is 14.8 Å². The molecular formula is C21H16F2N4OS. The van der Waals surface area contributed by atoms with Gasteiger partial charge in [-0.2, -0.15) is 5.10 Å². The van der Waals surface area contributed by atoms with Crippen molar-refractivity contribution in [3.05, 3.63) is 83.0 Å². The van der Waals surface area contributed by atoms with Gasteiger partial charge >= 0.3 is 0 Å². The zero-order chi connectivity index (χ0) is 20.4. The minimum atomic E-state index is -0.346. The number of benzene rings is 2. The second kappa shape index (κ2) is 7.92. The highest BCUT2D eigenvalue weighted by atomic mass is 32.1. The van der Waals surface area contributed by atoms with Gasteiger partial charge in [-0.05, 0) is 43.3 Å². The molecule has 0 saturated heterocycles. The van der Waals surface area contributed by atoms with Crippen LogP contribution in [0.25, 0.3) is 16.3 Å². The summed E-state index contributed by atoms with van der Waals surface area (Å²) in [6.45, 7) is 1.81. The van der Waals surface area contributed by atoms with E-state index < -0.39 is 0 Å². The molecule has 1 amide bonds. The molecule has 4 rings (SSSR count). The largest absolute Gasteiger partial charge is 0.310 e. The fourth-order valence-electron chi connectivity index (χ4n) is 2.86. The number of hydrogen-bond acceptors (Lipinski definition) is 4. The Morgan fingerprint density at radius 3 is 2.66 bits per heavy atom. The first-order valence-electron chi connectivity index (χ1n) is 8.81. The summed E-state index contributed by atoms with van der Waals surface area (Å²) in [5.41, 5.74) is 2.62. The molecule has 0 bridgehead atoms. The Morgan fingerprint density at radius 2 is 1.90 bits per heavy atom. The SMILES string of the molecule is Cc1cc(NC(=O)Cc2csc(-c3cccc(F)c3)n2)n(-c2ccc(F)cc2)n1. The Labute approximate surface area is 169 Å². The van der Waals surface area contributed by atoms with Crippen molar-refractivity contribution in [2.75, 3.05) is 5.32 Å². The lowest BCUT2D eigenvalue weighted by Gasteiger charge is -2.08. The normalized spacial score (nSPS) is 10.9. The molecule has 0 saturated carbocycles. The number of thiazole rings is 1. The van der Waals surface area contributed by atoms with Crippen molar-refractivity contribution in [3.63, 3.8) is 0 Å². The van der Waals surface area contributed by atoms with Gasteiger partial charge in [0.1, 0.15) is 22.5 Å². The number of amides is 1. The van der Waals surface area contributed by atoms with E-state index in [1.807, 2.05) is 0 Å². The molecule has 29 heavy (non-hydrogen) atoms. The van der Waals surface area contributed by atoms with Crippen LogP contribution in [0.4, 0.5) is 14.6 Å². The van der Waals surface area contributed by atoms with Gasteiger partial charge in [0.05, 0.1) is 23.5 Å². The lowest BCUT2D eigenvalue weighted by atomic mass is 10.2. The first-order chi connectivity index (χ1) is 14.0. The highest BCUT2D eigenvalue weighted by Crippen LogP contribution is 2.25. The maximum absolute atomic E-state index is 13.4.